The Morgan fingerprint density at radius 2 is 1.65 bits per heavy atom. The molecule has 7 rings (SSSR count). The van der Waals surface area contributed by atoms with E-state index < -0.39 is 17.2 Å². The number of carboxylic acid groups (broad SMARTS) is 1. The van der Waals surface area contributed by atoms with Gasteiger partial charge in [0, 0.05) is 17.3 Å². The monoisotopic (exact) mass is 470 g/mol. The summed E-state index contributed by atoms with van der Waals surface area (Å²) < 4.78 is 6.32. The Bertz CT molecular complexity index is 953. The summed E-state index contributed by atoms with van der Waals surface area (Å²) in [5.41, 5.74) is 1.20. The van der Waals surface area contributed by atoms with Crippen molar-refractivity contribution in [1.29, 1.82) is 0 Å². The quantitative estimate of drug-likeness (QED) is 0.425. The van der Waals surface area contributed by atoms with E-state index >= 15 is 0 Å². The summed E-state index contributed by atoms with van der Waals surface area (Å²) >= 11 is 0. The van der Waals surface area contributed by atoms with E-state index in [9.17, 15) is 15.0 Å². The number of aliphatic carboxylic acids is 1. The van der Waals surface area contributed by atoms with Crippen LogP contribution in [0.2, 0.25) is 0 Å². The Labute approximate surface area is 205 Å². The first kappa shape index (κ1) is 23.5. The highest BCUT2D eigenvalue weighted by Crippen LogP contribution is 2.77. The maximum atomic E-state index is 12.8. The molecule has 2 aliphatic heterocycles. The molecule has 0 aromatic carbocycles. The fourth-order valence-corrected chi connectivity index (χ4v) is 11.0. The number of carboxylic acids is 1. The Morgan fingerprint density at radius 3 is 2.29 bits per heavy atom. The van der Waals surface area contributed by atoms with Gasteiger partial charge in [0.25, 0.3) is 0 Å². The van der Waals surface area contributed by atoms with Crippen molar-refractivity contribution in [3.8, 4) is 0 Å². The van der Waals surface area contributed by atoms with Gasteiger partial charge in [-0.2, -0.15) is 0 Å². The van der Waals surface area contributed by atoms with Gasteiger partial charge in [-0.1, -0.05) is 53.2 Å². The van der Waals surface area contributed by atoms with Gasteiger partial charge in [0.05, 0.1) is 12.0 Å². The second-order valence-electron chi connectivity index (χ2n) is 15.2. The van der Waals surface area contributed by atoms with Gasteiger partial charge in [0.1, 0.15) is 0 Å². The van der Waals surface area contributed by atoms with Crippen LogP contribution >= 0.6 is 0 Å². The molecule has 4 heteroatoms. The lowest BCUT2D eigenvalue weighted by molar-refractivity contribution is -0.395. The number of ether oxygens (including phenoxy) is 1. The van der Waals surface area contributed by atoms with Crippen molar-refractivity contribution in [3.63, 3.8) is 0 Å². The molecule has 190 valence electrons. The highest BCUT2D eigenvalue weighted by Gasteiger charge is 2.74. The molecule has 3 unspecified atom stereocenters. The lowest BCUT2D eigenvalue weighted by atomic mass is 9.32. The van der Waals surface area contributed by atoms with Crippen LogP contribution in [0.15, 0.2) is 11.6 Å². The van der Waals surface area contributed by atoms with Crippen LogP contribution in [0.4, 0.5) is 0 Å². The smallest absolute Gasteiger partial charge is 0.310 e. The van der Waals surface area contributed by atoms with Crippen LogP contribution in [0.25, 0.3) is 0 Å². The van der Waals surface area contributed by atoms with Crippen molar-refractivity contribution in [2.75, 3.05) is 6.61 Å². The highest BCUT2D eigenvalue weighted by molar-refractivity contribution is 5.76. The Kier molecular flexibility index (Phi) is 4.51. The van der Waals surface area contributed by atoms with E-state index in [0.717, 1.165) is 57.8 Å². The Balaban J connectivity index is 1.46. The van der Waals surface area contributed by atoms with Gasteiger partial charge in [0.2, 0.25) is 0 Å². The third-order valence-corrected chi connectivity index (χ3v) is 13.5. The van der Waals surface area contributed by atoms with Crippen LogP contribution in [0.3, 0.4) is 0 Å². The van der Waals surface area contributed by atoms with Crippen LogP contribution in [-0.2, 0) is 9.53 Å². The number of hydrogen-bond donors (Lipinski definition) is 2. The maximum Gasteiger partial charge on any atom is 0.310 e. The van der Waals surface area contributed by atoms with E-state index in [2.05, 4.69) is 47.6 Å². The standard InChI is InChI=1S/C30H46O4/c1-24(2)11-13-28(23(31)32)14-12-26(5)19(20(28)17-24)7-8-22-27(26,6)10-9-21-25(3,4)30(33)16-15-29(21,22)18-34-30/h7,20-22,33H,8-18H2,1-6H3,(H,31,32)/t20?,21?,22?,26-,27-,28+,29-,30+/m1/s1. The molecule has 34 heavy (non-hydrogen) atoms. The van der Waals surface area contributed by atoms with Gasteiger partial charge in [-0.25, -0.2) is 0 Å². The molecule has 0 amide bonds. The molecular weight excluding hydrogens is 424 g/mol. The molecule has 2 bridgehead atoms. The predicted molar refractivity (Wildman–Crippen MR) is 132 cm³/mol. The topological polar surface area (TPSA) is 66.8 Å². The molecule has 1 spiro atoms. The Hall–Kier alpha value is -0.870. The maximum absolute atomic E-state index is 12.8. The number of aliphatic hydroxyl groups is 1. The van der Waals surface area contributed by atoms with E-state index in [1.54, 1.807) is 0 Å². The largest absolute Gasteiger partial charge is 0.481 e. The molecule has 5 aliphatic carbocycles. The first-order chi connectivity index (χ1) is 15.7. The van der Waals surface area contributed by atoms with Gasteiger partial charge in [-0.15, -0.1) is 0 Å². The Morgan fingerprint density at radius 1 is 0.941 bits per heavy atom. The average molecular weight is 471 g/mol. The van der Waals surface area contributed by atoms with Crippen molar-refractivity contribution < 1.29 is 19.7 Å². The fraction of sp³-hybridized carbons (Fsp3) is 0.900. The molecule has 8 atom stereocenters. The van der Waals surface area contributed by atoms with Gasteiger partial charge in [-0.05, 0) is 91.8 Å². The molecule has 2 saturated heterocycles. The van der Waals surface area contributed by atoms with E-state index in [1.165, 1.54) is 12.0 Å². The summed E-state index contributed by atoms with van der Waals surface area (Å²) in [5, 5.41) is 21.9. The number of fused-ring (bicyclic) bond motifs is 7. The first-order valence-electron chi connectivity index (χ1n) is 14.0. The summed E-state index contributed by atoms with van der Waals surface area (Å²) in [5.74, 6) is -0.354. The molecule has 4 saturated carbocycles. The second kappa shape index (κ2) is 6.52. The summed E-state index contributed by atoms with van der Waals surface area (Å²) in [6.07, 6.45) is 12.3. The minimum atomic E-state index is -0.980. The predicted octanol–water partition coefficient (Wildman–Crippen LogP) is 6.57. The summed E-state index contributed by atoms with van der Waals surface area (Å²) in [6, 6.07) is 0. The van der Waals surface area contributed by atoms with Crippen LogP contribution in [-0.4, -0.2) is 28.6 Å². The van der Waals surface area contributed by atoms with Crippen molar-refractivity contribution in [1.82, 2.24) is 0 Å². The number of carbonyl (C=O) groups is 1. The SMILES string of the molecule is CC1(C)CC[C@]2(C(=O)O)CC[C@]3(C)C(=CCC4[C@]56CC[C@](O)(OC5)C(C)(C)C6CC[C@]43C)C2C1. The molecular formula is C30H46O4. The summed E-state index contributed by atoms with van der Waals surface area (Å²) in [6.45, 7) is 14.9. The van der Waals surface area contributed by atoms with Gasteiger partial charge < -0.3 is 14.9 Å². The third kappa shape index (κ3) is 2.46. The first-order valence-corrected chi connectivity index (χ1v) is 14.0. The van der Waals surface area contributed by atoms with E-state index in [1.807, 2.05) is 0 Å². The molecule has 6 fully saturated rings. The second-order valence-corrected chi connectivity index (χ2v) is 15.2. The van der Waals surface area contributed by atoms with Crippen molar-refractivity contribution in [2.45, 2.75) is 112 Å². The van der Waals surface area contributed by atoms with Crippen LogP contribution in [0.1, 0.15) is 106 Å². The average Bonchev–Trinajstić information content (AvgIpc) is 2.75. The summed E-state index contributed by atoms with van der Waals surface area (Å²) in [7, 11) is 0. The molecule has 2 heterocycles. The summed E-state index contributed by atoms with van der Waals surface area (Å²) in [4.78, 5) is 12.8. The molecule has 4 nitrogen and oxygen atoms in total. The molecule has 0 aromatic rings. The normalized spacial score (nSPS) is 54.7. The van der Waals surface area contributed by atoms with Gasteiger partial charge >= 0.3 is 5.97 Å². The van der Waals surface area contributed by atoms with Crippen LogP contribution in [0, 0.1) is 50.2 Å². The zero-order valence-electron chi connectivity index (χ0n) is 22.3. The zero-order chi connectivity index (χ0) is 24.6. The van der Waals surface area contributed by atoms with Crippen molar-refractivity contribution >= 4 is 5.97 Å². The minimum absolute atomic E-state index is 0.0437. The lowest BCUT2D eigenvalue weighted by Crippen LogP contribution is -2.73. The number of rotatable bonds is 1. The number of allylic oxidation sites excluding steroid dienone is 2. The minimum Gasteiger partial charge on any atom is -0.481 e. The molecule has 7 aliphatic rings. The number of hydrogen-bond acceptors (Lipinski definition) is 3. The van der Waals surface area contributed by atoms with E-state index in [-0.39, 0.29) is 33.0 Å². The zero-order valence-corrected chi connectivity index (χ0v) is 22.3. The van der Waals surface area contributed by atoms with E-state index in [4.69, 9.17) is 4.74 Å². The molecule has 0 radical (unpaired) electrons. The van der Waals surface area contributed by atoms with Crippen molar-refractivity contribution in [3.05, 3.63) is 11.6 Å². The van der Waals surface area contributed by atoms with E-state index in [0.29, 0.717) is 18.4 Å². The van der Waals surface area contributed by atoms with Crippen LogP contribution in [0.5, 0.6) is 0 Å². The fourth-order valence-electron chi connectivity index (χ4n) is 11.0. The van der Waals surface area contributed by atoms with Gasteiger partial charge in [0.15, 0.2) is 5.79 Å². The highest BCUT2D eigenvalue weighted by atomic mass is 16.6. The molecule has 2 N–H and O–H groups in total. The van der Waals surface area contributed by atoms with Gasteiger partial charge in [-0.3, -0.25) is 4.79 Å². The lowest BCUT2D eigenvalue weighted by Gasteiger charge is -2.74. The van der Waals surface area contributed by atoms with Crippen molar-refractivity contribution in [2.24, 2.45) is 50.2 Å². The molecule has 0 aromatic heterocycles. The third-order valence-electron chi connectivity index (χ3n) is 13.5. The van der Waals surface area contributed by atoms with Crippen LogP contribution < -0.4 is 0 Å².